The van der Waals surface area contributed by atoms with Crippen molar-refractivity contribution in [1.82, 2.24) is 10.8 Å². The van der Waals surface area contributed by atoms with Crippen LogP contribution in [0, 0.1) is 0 Å². The van der Waals surface area contributed by atoms with Gasteiger partial charge in [-0.15, -0.1) is 0 Å². The maximum absolute atomic E-state index is 12.8. The van der Waals surface area contributed by atoms with Gasteiger partial charge in [-0.2, -0.15) is 11.8 Å². The van der Waals surface area contributed by atoms with Gasteiger partial charge < -0.3 is 15.2 Å². The number of hydrogen-bond acceptors (Lipinski definition) is 6. The summed E-state index contributed by atoms with van der Waals surface area (Å²) in [6.07, 6.45) is 0.628. The van der Waals surface area contributed by atoms with Gasteiger partial charge in [-0.25, -0.2) is 15.1 Å². The number of hydrogen-bond donors (Lipinski definition) is 3. The fourth-order valence-corrected chi connectivity index (χ4v) is 5.76. The summed E-state index contributed by atoms with van der Waals surface area (Å²) in [7, 11) is 0. The molecule has 1 fully saturated rings. The minimum atomic E-state index is -1.18. The van der Waals surface area contributed by atoms with E-state index in [-0.39, 0.29) is 18.9 Å². The van der Waals surface area contributed by atoms with E-state index < -0.39 is 30.1 Å². The molecule has 0 atom stereocenters. The summed E-state index contributed by atoms with van der Waals surface area (Å²) in [6, 6.07) is 16.2. The number of nitrogens with one attached hydrogen (secondary N) is 2. The summed E-state index contributed by atoms with van der Waals surface area (Å²) in [5, 5.41) is 11.6. The van der Waals surface area contributed by atoms with Gasteiger partial charge in [0.1, 0.15) is 6.61 Å². The van der Waals surface area contributed by atoms with Crippen LogP contribution in [-0.2, 0) is 19.2 Å². The summed E-state index contributed by atoms with van der Waals surface area (Å²) in [5.74, 6) is -0.119. The van der Waals surface area contributed by atoms with E-state index in [0.717, 1.165) is 33.8 Å². The van der Waals surface area contributed by atoms with Gasteiger partial charge in [0, 0.05) is 5.92 Å². The number of aliphatic carboxylic acids is 1. The molecule has 0 radical (unpaired) electrons. The molecule has 0 aromatic heterocycles. The van der Waals surface area contributed by atoms with Crippen molar-refractivity contribution < 1.29 is 29.1 Å². The van der Waals surface area contributed by atoms with Crippen LogP contribution in [0.2, 0.25) is 0 Å². The van der Waals surface area contributed by atoms with Crippen molar-refractivity contribution in [1.29, 1.82) is 0 Å². The SMILES string of the molecule is O=C(O)CONC(=O)CC1(NC(=O)OCC2c3ccccc3-c3ccccc32)CCSCC1. The molecule has 3 N–H and O–H groups in total. The van der Waals surface area contributed by atoms with Crippen LogP contribution < -0.4 is 10.8 Å². The predicted molar refractivity (Wildman–Crippen MR) is 124 cm³/mol. The first-order chi connectivity index (χ1) is 16.0. The Morgan fingerprint density at radius 2 is 1.61 bits per heavy atom. The van der Waals surface area contributed by atoms with Crippen molar-refractivity contribution in [2.24, 2.45) is 0 Å². The van der Waals surface area contributed by atoms with Crippen molar-refractivity contribution >= 4 is 29.7 Å². The number of hydroxylamine groups is 1. The molecule has 4 rings (SSSR count). The van der Waals surface area contributed by atoms with Crippen LogP contribution in [0.25, 0.3) is 11.1 Å². The Labute approximate surface area is 196 Å². The lowest BCUT2D eigenvalue weighted by Gasteiger charge is -2.37. The number of rotatable bonds is 8. The normalized spacial score (nSPS) is 16.4. The number of alkyl carbamates (subject to hydrolysis) is 1. The maximum atomic E-state index is 12.8. The molecule has 1 saturated heterocycles. The Morgan fingerprint density at radius 1 is 1.00 bits per heavy atom. The van der Waals surface area contributed by atoms with E-state index in [9.17, 15) is 14.4 Å². The van der Waals surface area contributed by atoms with E-state index in [1.54, 1.807) is 11.8 Å². The van der Waals surface area contributed by atoms with Gasteiger partial charge in [-0.1, -0.05) is 48.5 Å². The van der Waals surface area contributed by atoms with E-state index >= 15 is 0 Å². The first-order valence-electron chi connectivity index (χ1n) is 10.8. The van der Waals surface area contributed by atoms with Gasteiger partial charge in [-0.05, 0) is 46.6 Å². The quantitative estimate of drug-likeness (QED) is 0.507. The summed E-state index contributed by atoms with van der Waals surface area (Å²) >= 11 is 1.76. The summed E-state index contributed by atoms with van der Waals surface area (Å²) in [4.78, 5) is 40.3. The fourth-order valence-electron chi connectivity index (χ4n) is 4.48. The number of amides is 2. The molecule has 8 nitrogen and oxygen atoms in total. The van der Waals surface area contributed by atoms with Crippen LogP contribution in [0.4, 0.5) is 4.79 Å². The Kier molecular flexibility index (Phi) is 7.20. The fraction of sp³-hybridized carbons (Fsp3) is 0.375. The molecule has 2 amide bonds. The van der Waals surface area contributed by atoms with E-state index in [2.05, 4.69) is 39.9 Å². The highest BCUT2D eigenvalue weighted by Gasteiger charge is 2.37. The minimum Gasteiger partial charge on any atom is -0.479 e. The summed E-state index contributed by atoms with van der Waals surface area (Å²) < 4.78 is 5.66. The average molecular weight is 471 g/mol. The van der Waals surface area contributed by atoms with Gasteiger partial charge in [-0.3, -0.25) is 9.63 Å². The molecule has 2 aromatic carbocycles. The molecule has 1 aliphatic carbocycles. The molecule has 1 aliphatic heterocycles. The van der Waals surface area contributed by atoms with Crippen LogP contribution in [-0.4, -0.2) is 53.3 Å². The largest absolute Gasteiger partial charge is 0.479 e. The lowest BCUT2D eigenvalue weighted by Crippen LogP contribution is -2.53. The second-order valence-electron chi connectivity index (χ2n) is 8.23. The number of fused-ring (bicyclic) bond motifs is 3. The Morgan fingerprint density at radius 3 is 2.21 bits per heavy atom. The number of benzene rings is 2. The van der Waals surface area contributed by atoms with Crippen LogP contribution in [0.1, 0.15) is 36.3 Å². The van der Waals surface area contributed by atoms with Gasteiger partial charge in [0.25, 0.3) is 0 Å². The highest BCUT2D eigenvalue weighted by Crippen LogP contribution is 2.44. The van der Waals surface area contributed by atoms with Crippen LogP contribution in [0.3, 0.4) is 0 Å². The first kappa shape index (κ1) is 23.1. The lowest BCUT2D eigenvalue weighted by molar-refractivity contribution is -0.149. The first-order valence-corrected chi connectivity index (χ1v) is 12.0. The number of carbonyl (C=O) groups is 3. The van der Waals surface area contributed by atoms with Gasteiger partial charge in [0.2, 0.25) is 5.91 Å². The lowest BCUT2D eigenvalue weighted by atomic mass is 9.88. The van der Waals surface area contributed by atoms with Crippen molar-refractivity contribution in [3.05, 3.63) is 59.7 Å². The van der Waals surface area contributed by atoms with Gasteiger partial charge in [0.15, 0.2) is 6.61 Å². The monoisotopic (exact) mass is 470 g/mol. The second-order valence-corrected chi connectivity index (χ2v) is 9.45. The Balaban J connectivity index is 1.39. The van der Waals surface area contributed by atoms with Crippen molar-refractivity contribution in [3.8, 4) is 11.1 Å². The third-order valence-electron chi connectivity index (χ3n) is 6.04. The molecule has 0 unspecified atom stereocenters. The Hall–Kier alpha value is -3.04. The van der Waals surface area contributed by atoms with E-state index in [0.29, 0.717) is 12.8 Å². The zero-order chi connectivity index (χ0) is 23.3. The van der Waals surface area contributed by atoms with Crippen molar-refractivity contribution in [3.63, 3.8) is 0 Å². The molecule has 0 saturated carbocycles. The highest BCUT2D eigenvalue weighted by atomic mass is 32.2. The van der Waals surface area contributed by atoms with Crippen LogP contribution in [0.5, 0.6) is 0 Å². The molecule has 174 valence electrons. The van der Waals surface area contributed by atoms with Gasteiger partial charge >= 0.3 is 12.1 Å². The standard InChI is InChI=1S/C24H26N2O6S/c27-21(26-32-15-22(28)29)13-24(9-11-33-12-10-24)25-23(30)31-14-20-18-7-3-1-5-16(18)17-6-2-4-8-19(17)20/h1-8,20H,9-15H2,(H,25,30)(H,26,27)(H,28,29). The molecule has 0 spiro atoms. The second kappa shape index (κ2) is 10.3. The van der Waals surface area contributed by atoms with Crippen LogP contribution >= 0.6 is 11.8 Å². The number of ether oxygens (including phenoxy) is 1. The zero-order valence-electron chi connectivity index (χ0n) is 18.0. The minimum absolute atomic E-state index is 0.0165. The van der Waals surface area contributed by atoms with Gasteiger partial charge in [0.05, 0.1) is 12.0 Å². The molecule has 33 heavy (non-hydrogen) atoms. The van der Waals surface area contributed by atoms with Crippen LogP contribution in [0.15, 0.2) is 48.5 Å². The summed E-state index contributed by atoms with van der Waals surface area (Å²) in [5.41, 5.74) is 5.95. The average Bonchev–Trinajstić information content (AvgIpc) is 3.11. The molecule has 1 heterocycles. The topological polar surface area (TPSA) is 114 Å². The number of carboxylic acid groups (broad SMARTS) is 1. The third kappa shape index (κ3) is 5.48. The van der Waals surface area contributed by atoms with E-state index in [4.69, 9.17) is 9.84 Å². The molecule has 2 aliphatic rings. The zero-order valence-corrected chi connectivity index (χ0v) is 18.9. The molecular formula is C24H26N2O6S. The van der Waals surface area contributed by atoms with E-state index in [1.807, 2.05) is 24.3 Å². The molecule has 2 aromatic rings. The smallest absolute Gasteiger partial charge is 0.407 e. The number of carboxylic acids is 1. The van der Waals surface area contributed by atoms with Crippen molar-refractivity contribution in [2.45, 2.75) is 30.7 Å². The molecule has 0 bridgehead atoms. The summed E-state index contributed by atoms with van der Waals surface area (Å²) in [6.45, 7) is -0.437. The maximum Gasteiger partial charge on any atom is 0.407 e. The highest BCUT2D eigenvalue weighted by molar-refractivity contribution is 7.99. The number of thioether (sulfide) groups is 1. The molecular weight excluding hydrogens is 444 g/mol. The third-order valence-corrected chi connectivity index (χ3v) is 7.03. The predicted octanol–water partition coefficient (Wildman–Crippen LogP) is 3.31. The van der Waals surface area contributed by atoms with Crippen molar-refractivity contribution in [2.75, 3.05) is 24.7 Å². The Bertz CT molecular complexity index is 992. The van der Waals surface area contributed by atoms with E-state index in [1.165, 1.54) is 0 Å². The number of carbonyl (C=O) groups excluding carboxylic acids is 2. The molecule has 9 heteroatoms.